The van der Waals surface area contributed by atoms with Gasteiger partial charge in [-0.25, -0.2) is 17.9 Å². The summed E-state index contributed by atoms with van der Waals surface area (Å²) in [4.78, 5) is 22.7. The summed E-state index contributed by atoms with van der Waals surface area (Å²) in [5, 5.41) is 9.00. The third-order valence-corrected chi connectivity index (χ3v) is 5.81. The van der Waals surface area contributed by atoms with Crippen LogP contribution in [0.2, 0.25) is 0 Å². The molecule has 7 nitrogen and oxygen atoms in total. The molecule has 2 rings (SSSR count). The van der Waals surface area contributed by atoms with Crippen molar-refractivity contribution in [2.24, 2.45) is 5.92 Å². The molecule has 0 heterocycles. The first-order valence-corrected chi connectivity index (χ1v) is 9.17. The van der Waals surface area contributed by atoms with Gasteiger partial charge in [0.15, 0.2) is 0 Å². The second-order valence-corrected chi connectivity index (χ2v) is 7.68. The number of carboxylic acids is 1. The number of nitrogens with one attached hydrogen (secondary N) is 1. The molecule has 1 aromatic carbocycles. The zero-order valence-electron chi connectivity index (χ0n) is 13.6. The Kier molecular flexibility index (Phi) is 5.61. The Hall–Kier alpha value is -1.93. The number of aliphatic carboxylic acids is 1. The maximum Gasteiger partial charge on any atom is 0.339 e. The molecule has 0 aliphatic heterocycles. The van der Waals surface area contributed by atoms with Crippen molar-refractivity contribution < 1.29 is 27.9 Å². The molecule has 1 fully saturated rings. The van der Waals surface area contributed by atoms with E-state index in [1.54, 1.807) is 13.0 Å². The van der Waals surface area contributed by atoms with Gasteiger partial charge in [0, 0.05) is 6.04 Å². The van der Waals surface area contributed by atoms with Gasteiger partial charge in [-0.3, -0.25) is 4.79 Å². The van der Waals surface area contributed by atoms with E-state index < -0.39 is 27.9 Å². The lowest BCUT2D eigenvalue weighted by Crippen LogP contribution is -2.39. The minimum atomic E-state index is -3.90. The zero-order valence-corrected chi connectivity index (χ0v) is 14.4. The summed E-state index contributed by atoms with van der Waals surface area (Å²) < 4.78 is 32.5. The molecule has 8 heteroatoms. The topological polar surface area (TPSA) is 110 Å². The molecule has 0 aromatic heterocycles. The molecule has 0 atom stereocenters. The highest BCUT2D eigenvalue weighted by molar-refractivity contribution is 7.89. The largest absolute Gasteiger partial charge is 0.481 e. The van der Waals surface area contributed by atoms with Crippen molar-refractivity contribution in [3.05, 3.63) is 29.3 Å². The van der Waals surface area contributed by atoms with Crippen molar-refractivity contribution in [1.82, 2.24) is 4.72 Å². The number of methoxy groups -OCH3 is 1. The maximum absolute atomic E-state index is 12.6. The summed E-state index contributed by atoms with van der Waals surface area (Å²) in [7, 11) is -2.70. The summed E-state index contributed by atoms with van der Waals surface area (Å²) >= 11 is 0. The van der Waals surface area contributed by atoms with E-state index in [4.69, 9.17) is 5.11 Å². The molecule has 0 bridgehead atoms. The molecule has 0 unspecified atom stereocenters. The zero-order chi connectivity index (χ0) is 17.9. The number of hydrogen-bond donors (Lipinski definition) is 2. The number of ether oxygens (including phenoxy) is 1. The Morgan fingerprint density at radius 2 is 1.83 bits per heavy atom. The highest BCUT2D eigenvalue weighted by Crippen LogP contribution is 2.26. The quantitative estimate of drug-likeness (QED) is 0.778. The van der Waals surface area contributed by atoms with Crippen molar-refractivity contribution in [2.45, 2.75) is 43.5 Å². The SMILES string of the molecule is COC(=O)c1cc(C)ccc1S(=O)(=O)NC1CCC(C(=O)O)CC1. The molecule has 1 saturated carbocycles. The van der Waals surface area contributed by atoms with Crippen LogP contribution in [0, 0.1) is 12.8 Å². The van der Waals surface area contributed by atoms with Gasteiger partial charge in [0.05, 0.1) is 23.5 Å². The predicted octanol–water partition coefficient (Wildman–Crippen LogP) is 1.70. The number of carboxylic acid groups (broad SMARTS) is 1. The highest BCUT2D eigenvalue weighted by atomic mass is 32.2. The van der Waals surface area contributed by atoms with E-state index in [2.05, 4.69) is 9.46 Å². The number of hydrogen-bond acceptors (Lipinski definition) is 5. The summed E-state index contributed by atoms with van der Waals surface area (Å²) in [5.74, 6) is -1.98. The lowest BCUT2D eigenvalue weighted by Gasteiger charge is -2.26. The van der Waals surface area contributed by atoms with Gasteiger partial charge in [-0.15, -0.1) is 0 Å². The first kappa shape index (κ1) is 18.4. The second kappa shape index (κ2) is 7.31. The van der Waals surface area contributed by atoms with Crippen LogP contribution >= 0.6 is 0 Å². The number of carbonyl (C=O) groups is 2. The van der Waals surface area contributed by atoms with Gasteiger partial charge in [-0.05, 0) is 44.7 Å². The fourth-order valence-electron chi connectivity index (χ4n) is 2.89. The van der Waals surface area contributed by atoms with Crippen molar-refractivity contribution in [3.8, 4) is 0 Å². The van der Waals surface area contributed by atoms with Crippen molar-refractivity contribution in [3.63, 3.8) is 0 Å². The van der Waals surface area contributed by atoms with Gasteiger partial charge in [-0.1, -0.05) is 11.6 Å². The van der Waals surface area contributed by atoms with E-state index in [0.29, 0.717) is 25.7 Å². The molecule has 24 heavy (non-hydrogen) atoms. The first-order chi connectivity index (χ1) is 11.2. The molecular weight excluding hydrogens is 334 g/mol. The van der Waals surface area contributed by atoms with Crippen LogP contribution in [0.15, 0.2) is 23.1 Å². The van der Waals surface area contributed by atoms with Gasteiger partial charge in [0.1, 0.15) is 0 Å². The fourth-order valence-corrected chi connectivity index (χ4v) is 4.37. The molecule has 0 saturated heterocycles. The first-order valence-electron chi connectivity index (χ1n) is 7.68. The van der Waals surface area contributed by atoms with E-state index in [1.165, 1.54) is 19.2 Å². The molecule has 1 aromatic rings. The molecule has 0 radical (unpaired) electrons. The van der Waals surface area contributed by atoms with Crippen molar-refractivity contribution in [2.75, 3.05) is 7.11 Å². The lowest BCUT2D eigenvalue weighted by molar-refractivity contribution is -0.142. The number of sulfonamides is 1. The van der Waals surface area contributed by atoms with Crippen LogP contribution in [0.3, 0.4) is 0 Å². The fraction of sp³-hybridized carbons (Fsp3) is 0.500. The van der Waals surface area contributed by atoms with Crippen molar-refractivity contribution >= 4 is 22.0 Å². The Morgan fingerprint density at radius 3 is 2.38 bits per heavy atom. The number of rotatable bonds is 5. The predicted molar refractivity (Wildman–Crippen MR) is 86.2 cm³/mol. The van der Waals surface area contributed by atoms with E-state index in [1.807, 2.05) is 0 Å². The summed E-state index contributed by atoms with van der Waals surface area (Å²) in [6, 6.07) is 4.13. The summed E-state index contributed by atoms with van der Waals surface area (Å²) in [6.07, 6.45) is 1.77. The van der Waals surface area contributed by atoms with Gasteiger partial charge in [-0.2, -0.15) is 0 Å². The lowest BCUT2D eigenvalue weighted by atomic mass is 9.87. The Bertz CT molecular complexity index is 735. The minimum absolute atomic E-state index is 0.00998. The Morgan fingerprint density at radius 1 is 1.21 bits per heavy atom. The van der Waals surface area contributed by atoms with Crippen LogP contribution in [0.4, 0.5) is 0 Å². The van der Waals surface area contributed by atoms with Crippen molar-refractivity contribution in [1.29, 1.82) is 0 Å². The number of carbonyl (C=O) groups excluding carboxylic acids is 1. The van der Waals surface area contributed by atoms with Crippen LogP contribution in [-0.2, 0) is 19.6 Å². The number of aryl methyl sites for hydroxylation is 1. The minimum Gasteiger partial charge on any atom is -0.481 e. The smallest absolute Gasteiger partial charge is 0.339 e. The molecular formula is C16H21NO6S. The molecule has 1 aliphatic rings. The molecule has 132 valence electrons. The number of esters is 1. The highest BCUT2D eigenvalue weighted by Gasteiger charge is 2.30. The van der Waals surface area contributed by atoms with E-state index in [0.717, 1.165) is 5.56 Å². The van der Waals surface area contributed by atoms with Crippen LogP contribution < -0.4 is 4.72 Å². The van der Waals surface area contributed by atoms with Crippen LogP contribution in [0.25, 0.3) is 0 Å². The normalized spacial score (nSPS) is 21.2. The average Bonchev–Trinajstić information content (AvgIpc) is 2.53. The van der Waals surface area contributed by atoms with Crippen LogP contribution in [0.5, 0.6) is 0 Å². The second-order valence-electron chi connectivity index (χ2n) is 6.00. The van der Waals surface area contributed by atoms with E-state index >= 15 is 0 Å². The molecule has 1 aliphatic carbocycles. The van der Waals surface area contributed by atoms with Gasteiger partial charge >= 0.3 is 11.9 Å². The van der Waals surface area contributed by atoms with Crippen LogP contribution in [-0.4, -0.2) is 38.6 Å². The van der Waals surface area contributed by atoms with Gasteiger partial charge < -0.3 is 9.84 Å². The van der Waals surface area contributed by atoms with Crippen LogP contribution in [0.1, 0.15) is 41.6 Å². The van der Waals surface area contributed by atoms with Gasteiger partial charge in [0.2, 0.25) is 10.0 Å². The molecule has 0 amide bonds. The standard InChI is InChI=1S/C16H21NO6S/c1-10-3-8-14(13(9-10)16(20)23-2)24(21,22)17-12-6-4-11(5-7-12)15(18)19/h3,8-9,11-12,17H,4-7H2,1-2H3,(H,18,19). The Balaban J connectivity index is 2.20. The van der Waals surface area contributed by atoms with E-state index in [-0.39, 0.29) is 16.5 Å². The third-order valence-electron chi connectivity index (χ3n) is 4.23. The summed E-state index contributed by atoms with van der Waals surface area (Å²) in [5.41, 5.74) is 0.737. The molecule has 0 spiro atoms. The monoisotopic (exact) mass is 355 g/mol. The molecule has 2 N–H and O–H groups in total. The van der Waals surface area contributed by atoms with Gasteiger partial charge in [0.25, 0.3) is 0 Å². The summed E-state index contributed by atoms with van der Waals surface area (Å²) in [6.45, 7) is 1.75. The van der Waals surface area contributed by atoms with E-state index in [9.17, 15) is 18.0 Å². The third kappa shape index (κ3) is 4.12. The average molecular weight is 355 g/mol. The number of benzene rings is 1. The Labute approximate surface area is 141 Å². The maximum atomic E-state index is 12.6.